The lowest BCUT2D eigenvalue weighted by Gasteiger charge is -2.44. The first-order valence-electron chi connectivity index (χ1n) is 7.48. The van der Waals surface area contributed by atoms with Gasteiger partial charge in [0, 0.05) is 13.1 Å². The van der Waals surface area contributed by atoms with Gasteiger partial charge in [0.1, 0.15) is 5.60 Å². The van der Waals surface area contributed by atoms with Gasteiger partial charge in [0.25, 0.3) is 0 Å². The van der Waals surface area contributed by atoms with Gasteiger partial charge in [-0.3, -0.25) is 4.79 Å². The van der Waals surface area contributed by atoms with E-state index in [1.54, 1.807) is 4.90 Å². The number of carbonyl (C=O) groups excluding carboxylic acids is 1. The normalized spacial score (nSPS) is 30.6. The van der Waals surface area contributed by atoms with Crippen molar-refractivity contribution in [3.05, 3.63) is 0 Å². The van der Waals surface area contributed by atoms with Crippen LogP contribution in [-0.4, -0.2) is 40.8 Å². The topological polar surface area (TPSA) is 66.8 Å². The van der Waals surface area contributed by atoms with Gasteiger partial charge in [-0.1, -0.05) is 12.8 Å². The van der Waals surface area contributed by atoms with Crippen LogP contribution in [0.3, 0.4) is 0 Å². The van der Waals surface area contributed by atoms with E-state index in [2.05, 4.69) is 0 Å². The van der Waals surface area contributed by atoms with Crippen LogP contribution >= 0.6 is 0 Å². The molecule has 5 heteroatoms. The standard InChI is InChI=1S/C15H25NO4/c1-15(2,3)20-14(19)16-8-10-6-4-5-7-11(10)12(9-16)13(17)18/h10-12H,4-9H2,1-3H3,(H,17,18)/t10-,11-,12+/m0/s1. The van der Waals surface area contributed by atoms with Crippen molar-refractivity contribution < 1.29 is 19.4 Å². The zero-order valence-corrected chi connectivity index (χ0v) is 12.6. The van der Waals surface area contributed by atoms with Crippen LogP contribution < -0.4 is 0 Å². The second-order valence-corrected chi connectivity index (χ2v) is 7.04. The number of hydrogen-bond acceptors (Lipinski definition) is 3. The van der Waals surface area contributed by atoms with E-state index in [1.807, 2.05) is 20.8 Å². The Morgan fingerprint density at radius 2 is 1.80 bits per heavy atom. The van der Waals surface area contributed by atoms with E-state index in [0.717, 1.165) is 25.7 Å². The summed E-state index contributed by atoms with van der Waals surface area (Å²) in [6, 6.07) is 0. The number of fused-ring (bicyclic) bond motifs is 1. The first-order chi connectivity index (χ1) is 9.28. The molecule has 1 heterocycles. The Balaban J connectivity index is 2.08. The van der Waals surface area contributed by atoms with Crippen molar-refractivity contribution in [1.82, 2.24) is 4.90 Å². The van der Waals surface area contributed by atoms with Gasteiger partial charge in [-0.25, -0.2) is 4.79 Å². The SMILES string of the molecule is CC(C)(C)OC(=O)N1C[C@@H]2CCCC[C@@H]2[C@H](C(=O)O)C1. The van der Waals surface area contributed by atoms with Crippen LogP contribution in [-0.2, 0) is 9.53 Å². The maximum absolute atomic E-state index is 12.2. The highest BCUT2D eigenvalue weighted by atomic mass is 16.6. The summed E-state index contributed by atoms with van der Waals surface area (Å²) >= 11 is 0. The average Bonchev–Trinajstić information content (AvgIpc) is 2.35. The molecule has 0 bridgehead atoms. The molecule has 2 rings (SSSR count). The Kier molecular flexibility index (Phi) is 4.25. The monoisotopic (exact) mass is 283 g/mol. The number of piperidine rings is 1. The number of amides is 1. The van der Waals surface area contributed by atoms with Gasteiger partial charge in [0.05, 0.1) is 5.92 Å². The molecule has 1 N–H and O–H groups in total. The molecule has 1 amide bonds. The van der Waals surface area contributed by atoms with Crippen molar-refractivity contribution in [1.29, 1.82) is 0 Å². The third kappa shape index (κ3) is 3.44. The summed E-state index contributed by atoms with van der Waals surface area (Å²) in [4.78, 5) is 25.2. The first kappa shape index (κ1) is 15.1. The Labute approximate surface area is 120 Å². The minimum absolute atomic E-state index is 0.222. The predicted molar refractivity (Wildman–Crippen MR) is 74.4 cm³/mol. The maximum atomic E-state index is 12.2. The molecule has 5 nitrogen and oxygen atoms in total. The van der Waals surface area contributed by atoms with Crippen LogP contribution in [0.4, 0.5) is 4.79 Å². The van der Waals surface area contributed by atoms with Crippen LogP contribution in [0.15, 0.2) is 0 Å². The van der Waals surface area contributed by atoms with Crippen LogP contribution in [0.25, 0.3) is 0 Å². The lowest BCUT2D eigenvalue weighted by molar-refractivity contribution is -0.148. The molecule has 0 radical (unpaired) electrons. The van der Waals surface area contributed by atoms with Gasteiger partial charge in [-0.05, 0) is 45.4 Å². The second-order valence-electron chi connectivity index (χ2n) is 7.04. The minimum atomic E-state index is -0.782. The molecule has 1 aliphatic carbocycles. The van der Waals surface area contributed by atoms with Crippen molar-refractivity contribution in [2.75, 3.05) is 13.1 Å². The zero-order valence-electron chi connectivity index (χ0n) is 12.6. The Morgan fingerprint density at radius 3 is 2.40 bits per heavy atom. The van der Waals surface area contributed by atoms with E-state index in [0.29, 0.717) is 12.5 Å². The van der Waals surface area contributed by atoms with Crippen molar-refractivity contribution in [3.63, 3.8) is 0 Å². The van der Waals surface area contributed by atoms with Crippen LogP contribution in [0.1, 0.15) is 46.5 Å². The second kappa shape index (κ2) is 5.62. The fourth-order valence-electron chi connectivity index (χ4n) is 3.46. The smallest absolute Gasteiger partial charge is 0.410 e. The number of rotatable bonds is 1. The molecule has 0 spiro atoms. The maximum Gasteiger partial charge on any atom is 0.410 e. The van der Waals surface area contributed by atoms with E-state index in [-0.39, 0.29) is 18.6 Å². The van der Waals surface area contributed by atoms with E-state index in [9.17, 15) is 14.7 Å². The number of carboxylic acids is 1. The summed E-state index contributed by atoms with van der Waals surface area (Å²) < 4.78 is 5.38. The van der Waals surface area contributed by atoms with Gasteiger partial charge in [0.15, 0.2) is 0 Å². The van der Waals surface area contributed by atoms with Gasteiger partial charge < -0.3 is 14.7 Å². The Hall–Kier alpha value is -1.26. The number of carbonyl (C=O) groups is 2. The molecule has 2 aliphatic rings. The fourth-order valence-corrected chi connectivity index (χ4v) is 3.46. The fraction of sp³-hybridized carbons (Fsp3) is 0.867. The van der Waals surface area contributed by atoms with E-state index in [4.69, 9.17) is 4.74 Å². The number of nitrogens with zero attached hydrogens (tertiary/aromatic N) is 1. The van der Waals surface area contributed by atoms with Crippen molar-refractivity contribution in [2.24, 2.45) is 17.8 Å². The molecule has 114 valence electrons. The summed E-state index contributed by atoms with van der Waals surface area (Å²) in [5.41, 5.74) is -0.542. The highest BCUT2D eigenvalue weighted by Gasteiger charge is 2.43. The number of likely N-dealkylation sites (tertiary alicyclic amines) is 1. The van der Waals surface area contributed by atoms with E-state index >= 15 is 0 Å². The Morgan fingerprint density at radius 1 is 1.15 bits per heavy atom. The summed E-state index contributed by atoms with van der Waals surface area (Å²) in [7, 11) is 0. The highest BCUT2D eigenvalue weighted by molar-refractivity contribution is 5.74. The van der Waals surface area contributed by atoms with Crippen molar-refractivity contribution in [2.45, 2.75) is 52.1 Å². The summed E-state index contributed by atoms with van der Waals surface area (Å²) in [5, 5.41) is 9.43. The lowest BCUT2D eigenvalue weighted by atomic mass is 9.70. The molecule has 2 fully saturated rings. The molecule has 3 atom stereocenters. The van der Waals surface area contributed by atoms with Crippen LogP contribution in [0, 0.1) is 17.8 Å². The van der Waals surface area contributed by atoms with Crippen LogP contribution in [0.5, 0.6) is 0 Å². The van der Waals surface area contributed by atoms with Crippen molar-refractivity contribution >= 4 is 12.1 Å². The molecule has 1 aliphatic heterocycles. The van der Waals surface area contributed by atoms with Gasteiger partial charge in [0.2, 0.25) is 0 Å². The number of ether oxygens (including phenoxy) is 1. The zero-order chi connectivity index (χ0) is 14.9. The van der Waals surface area contributed by atoms with E-state index in [1.165, 1.54) is 0 Å². The number of hydrogen-bond donors (Lipinski definition) is 1. The minimum Gasteiger partial charge on any atom is -0.481 e. The molecule has 0 aromatic carbocycles. The molecule has 20 heavy (non-hydrogen) atoms. The predicted octanol–water partition coefficient (Wildman–Crippen LogP) is 2.74. The third-order valence-corrected chi connectivity index (χ3v) is 4.33. The van der Waals surface area contributed by atoms with Gasteiger partial charge >= 0.3 is 12.1 Å². The van der Waals surface area contributed by atoms with Gasteiger partial charge in [-0.2, -0.15) is 0 Å². The highest BCUT2D eigenvalue weighted by Crippen LogP contribution is 2.39. The molecule has 1 saturated carbocycles. The summed E-state index contributed by atoms with van der Waals surface area (Å²) in [6.45, 7) is 6.40. The van der Waals surface area contributed by atoms with E-state index < -0.39 is 17.5 Å². The largest absolute Gasteiger partial charge is 0.481 e. The summed E-state index contributed by atoms with van der Waals surface area (Å²) in [5.74, 6) is -0.692. The quantitative estimate of drug-likeness (QED) is 0.803. The van der Waals surface area contributed by atoms with Gasteiger partial charge in [-0.15, -0.1) is 0 Å². The molecular weight excluding hydrogens is 258 g/mol. The van der Waals surface area contributed by atoms with Crippen LogP contribution in [0.2, 0.25) is 0 Å². The first-order valence-corrected chi connectivity index (χ1v) is 7.48. The molecule has 0 aromatic rings. The molecule has 1 saturated heterocycles. The Bertz CT molecular complexity index is 388. The van der Waals surface area contributed by atoms with Crippen molar-refractivity contribution in [3.8, 4) is 0 Å². The number of carboxylic acid groups (broad SMARTS) is 1. The molecule has 0 unspecified atom stereocenters. The average molecular weight is 283 g/mol. The lowest BCUT2D eigenvalue weighted by Crippen LogP contribution is -2.52. The summed E-state index contributed by atoms with van der Waals surface area (Å²) in [6.07, 6.45) is 3.86. The molecular formula is C15H25NO4. The number of aliphatic carboxylic acids is 1. The third-order valence-electron chi connectivity index (χ3n) is 4.33. The molecule has 0 aromatic heterocycles.